The molecule has 3 saturated heterocycles. The second kappa shape index (κ2) is 22.0. The normalized spacial score (nSPS) is 25.0. The van der Waals surface area contributed by atoms with Crippen molar-refractivity contribution >= 4 is 23.9 Å². The van der Waals surface area contributed by atoms with Crippen LogP contribution in [0.5, 0.6) is 0 Å². The van der Waals surface area contributed by atoms with Crippen LogP contribution in [0.4, 0.5) is 0 Å². The maximum absolute atomic E-state index is 15.4. The molecule has 3 aliphatic rings. The van der Waals surface area contributed by atoms with E-state index in [0.717, 1.165) is 19.3 Å². The lowest BCUT2D eigenvalue weighted by atomic mass is 9.40. The van der Waals surface area contributed by atoms with Gasteiger partial charge in [0.15, 0.2) is 0 Å². The maximum atomic E-state index is 15.4. The molecule has 3 atom stereocenters. The van der Waals surface area contributed by atoms with E-state index >= 15 is 9.59 Å². The highest BCUT2D eigenvalue weighted by atomic mass is 16.5. The first kappa shape index (κ1) is 57.1. The summed E-state index contributed by atoms with van der Waals surface area (Å²) >= 11 is 0. The van der Waals surface area contributed by atoms with Crippen LogP contribution in [0.25, 0.3) is 0 Å². The number of carbonyl (C=O) groups excluding carboxylic acids is 1. The monoisotopic (exact) mass is 918 g/mol. The Balaban J connectivity index is 2.17. The Morgan fingerprint density at radius 1 is 0.508 bits per heavy atom. The molecule has 0 saturated carbocycles. The van der Waals surface area contributed by atoms with Gasteiger partial charge >= 0.3 is 23.9 Å². The lowest BCUT2D eigenvalue weighted by molar-refractivity contribution is -0.230. The van der Waals surface area contributed by atoms with Crippen LogP contribution in [0, 0.1) is 34.5 Å². The zero-order valence-corrected chi connectivity index (χ0v) is 44.6. The third-order valence-corrected chi connectivity index (χ3v) is 18.2. The van der Waals surface area contributed by atoms with Crippen LogP contribution in [0.1, 0.15) is 225 Å². The Morgan fingerprint density at radius 3 is 1.15 bits per heavy atom. The van der Waals surface area contributed by atoms with Gasteiger partial charge in [0, 0.05) is 33.2 Å². The molecule has 0 spiro atoms. The van der Waals surface area contributed by atoms with Gasteiger partial charge in [-0.2, -0.15) is 0 Å². The molecule has 0 aromatic heterocycles. The van der Waals surface area contributed by atoms with Crippen LogP contribution in [0.3, 0.4) is 0 Å². The van der Waals surface area contributed by atoms with Crippen molar-refractivity contribution in [1.29, 1.82) is 0 Å². The number of hydrogen-bond acceptors (Lipinski definition) is 8. The molecule has 3 rings (SSSR count). The summed E-state index contributed by atoms with van der Waals surface area (Å²) in [5.41, 5.74) is -8.34. The number of hydrogen-bond donors (Lipinski definition) is 3. The summed E-state index contributed by atoms with van der Waals surface area (Å²) in [4.78, 5) is 66.6. The van der Waals surface area contributed by atoms with Crippen LogP contribution < -0.4 is 0 Å². The van der Waals surface area contributed by atoms with Gasteiger partial charge < -0.3 is 20.1 Å². The van der Waals surface area contributed by atoms with Crippen molar-refractivity contribution in [3.05, 3.63) is 0 Å². The minimum atomic E-state index is -2.42. The number of carboxylic acids is 3. The predicted octanol–water partition coefficient (Wildman–Crippen LogP) is 11.9. The molecule has 65 heavy (non-hydrogen) atoms. The summed E-state index contributed by atoms with van der Waals surface area (Å²) in [5.74, 6) is -9.07. The van der Waals surface area contributed by atoms with Crippen molar-refractivity contribution in [2.24, 2.45) is 34.5 Å². The smallest absolute Gasteiger partial charge is 0.312 e. The summed E-state index contributed by atoms with van der Waals surface area (Å²) in [6, 6.07) is 0. The van der Waals surface area contributed by atoms with E-state index in [1.54, 1.807) is 0 Å². The molecular weight excluding hydrogens is 819 g/mol. The molecule has 11 nitrogen and oxygen atoms in total. The Bertz CT molecular complexity index is 1550. The number of carbonyl (C=O) groups is 4. The van der Waals surface area contributed by atoms with Gasteiger partial charge in [0.2, 0.25) is 0 Å². The van der Waals surface area contributed by atoms with E-state index < -0.39 is 98.0 Å². The first-order valence-corrected chi connectivity index (χ1v) is 25.9. The maximum Gasteiger partial charge on any atom is 0.312 e. The van der Waals surface area contributed by atoms with Crippen molar-refractivity contribution in [3.8, 4) is 0 Å². The topological polar surface area (TPSA) is 148 Å². The number of piperidine rings is 3. The third kappa shape index (κ3) is 12.5. The van der Waals surface area contributed by atoms with E-state index in [-0.39, 0.29) is 32.3 Å². The van der Waals surface area contributed by atoms with Gasteiger partial charge in [-0.25, -0.2) is 0 Å². The van der Waals surface area contributed by atoms with Crippen LogP contribution in [-0.2, 0) is 23.9 Å². The molecule has 3 heterocycles. The van der Waals surface area contributed by atoms with Gasteiger partial charge in [0.05, 0.1) is 24.4 Å². The van der Waals surface area contributed by atoms with Gasteiger partial charge in [-0.3, -0.25) is 33.9 Å². The van der Waals surface area contributed by atoms with E-state index in [0.29, 0.717) is 19.3 Å². The summed E-state index contributed by atoms with van der Waals surface area (Å²) in [5, 5.41) is 36.8. The van der Waals surface area contributed by atoms with Crippen molar-refractivity contribution in [3.63, 3.8) is 0 Å². The average molecular weight is 918 g/mol. The molecule has 3 aliphatic heterocycles. The highest BCUT2D eigenvalue weighted by molar-refractivity contribution is 5.94. The first-order chi connectivity index (χ1) is 29.8. The fourth-order valence-electron chi connectivity index (χ4n) is 14.1. The zero-order chi connectivity index (χ0) is 49.6. The minimum Gasteiger partial charge on any atom is -0.481 e. The molecule has 378 valence electrons. The minimum absolute atomic E-state index is 0.102. The van der Waals surface area contributed by atoms with E-state index in [1.807, 2.05) is 76.5 Å². The summed E-state index contributed by atoms with van der Waals surface area (Å²) in [7, 11) is 6.05. The Morgan fingerprint density at radius 2 is 0.831 bits per heavy atom. The van der Waals surface area contributed by atoms with Gasteiger partial charge in [0.1, 0.15) is 5.41 Å². The van der Waals surface area contributed by atoms with Crippen molar-refractivity contribution < 1.29 is 39.2 Å². The van der Waals surface area contributed by atoms with Gasteiger partial charge in [-0.1, -0.05) is 90.4 Å². The SMILES string of the molecule is CCCCCCCCCCCCCCCCOC(=O)C[C@](C(=O)O)(C1CC(C)(C)N(C)C(C)(C)C1)[C@@](C(=O)O)(C1CC(C)(C)N(C)C(C)(C)C1)[C@H](C(=O)O)C1CC(C)(C)N(C)C(C)(C)C1. The van der Waals surface area contributed by atoms with Crippen molar-refractivity contribution in [1.82, 2.24) is 14.7 Å². The summed E-state index contributed by atoms with van der Waals surface area (Å²) in [6.07, 6.45) is 17.5. The Hall–Kier alpha value is -2.24. The molecule has 0 radical (unpaired) electrons. The number of likely N-dealkylation sites (tertiary alicyclic amines) is 3. The highest BCUT2D eigenvalue weighted by Crippen LogP contribution is 2.68. The van der Waals surface area contributed by atoms with Crippen LogP contribution >= 0.6 is 0 Å². The highest BCUT2D eigenvalue weighted by Gasteiger charge is 2.76. The lowest BCUT2D eigenvalue weighted by Gasteiger charge is -2.65. The molecule has 3 N–H and O–H groups in total. The van der Waals surface area contributed by atoms with Gasteiger partial charge in [-0.05, 0) is 167 Å². The Kier molecular flexibility index (Phi) is 19.3. The lowest BCUT2D eigenvalue weighted by Crippen LogP contribution is -2.73. The summed E-state index contributed by atoms with van der Waals surface area (Å²) < 4.78 is 6.03. The van der Waals surface area contributed by atoms with Gasteiger partial charge in [0.25, 0.3) is 0 Å². The van der Waals surface area contributed by atoms with E-state index in [1.165, 1.54) is 64.2 Å². The zero-order valence-electron chi connectivity index (χ0n) is 44.6. The van der Waals surface area contributed by atoms with Crippen molar-refractivity contribution in [2.75, 3.05) is 27.7 Å². The Labute approximate surface area is 396 Å². The molecule has 0 unspecified atom stereocenters. The van der Waals surface area contributed by atoms with Crippen molar-refractivity contribution in [2.45, 2.75) is 258 Å². The van der Waals surface area contributed by atoms with E-state index in [2.05, 4.69) is 49.3 Å². The number of unbranched alkanes of at least 4 members (excludes halogenated alkanes) is 13. The van der Waals surface area contributed by atoms with Gasteiger partial charge in [-0.15, -0.1) is 0 Å². The molecule has 3 fully saturated rings. The molecule has 11 heteroatoms. The van der Waals surface area contributed by atoms with Crippen LogP contribution in [-0.4, -0.2) is 115 Å². The largest absolute Gasteiger partial charge is 0.481 e. The molecule has 0 aromatic carbocycles. The number of ether oxygens (including phenoxy) is 1. The average Bonchev–Trinajstić information content (AvgIpc) is 3.16. The molecule has 0 amide bonds. The number of carboxylic acid groups (broad SMARTS) is 3. The number of esters is 1. The number of nitrogens with zero attached hydrogens (tertiary/aromatic N) is 3. The molecule has 0 aliphatic carbocycles. The number of aliphatic carboxylic acids is 3. The third-order valence-electron chi connectivity index (χ3n) is 18.2. The van der Waals surface area contributed by atoms with E-state index in [4.69, 9.17) is 4.74 Å². The molecule has 0 aromatic rings. The molecule has 0 bridgehead atoms. The standard InChI is InChI=1S/C54H99N3O8/c1-17-18-19-20-21-22-23-24-25-26-27-28-29-30-31-65-42(58)38-53(45(61)62,40-34-49(6,7)56(15)50(8,9)35-40)54(46(63)64,41-36-51(10,11)57(16)52(12,13)37-41)43(44(59)60)39-32-47(2,3)55(14)48(4,5)33-39/h39-41,43H,17-38H2,1-16H3,(H,59,60)(H,61,62)(H,63,64)/t43-,53+,54-/m0/s1. The number of rotatable bonds is 25. The quantitative estimate of drug-likeness (QED) is 0.0594. The fourth-order valence-corrected chi connectivity index (χ4v) is 14.1. The van der Waals surface area contributed by atoms with Crippen LogP contribution in [0.15, 0.2) is 0 Å². The second-order valence-corrected chi connectivity index (χ2v) is 25.2. The fraction of sp³-hybridized carbons (Fsp3) is 0.926. The summed E-state index contributed by atoms with van der Waals surface area (Å²) in [6.45, 7) is 26.9. The molecular formula is C54H99N3O8. The predicted molar refractivity (Wildman–Crippen MR) is 263 cm³/mol. The second-order valence-electron chi connectivity index (χ2n) is 25.2. The first-order valence-electron chi connectivity index (χ1n) is 25.9. The van der Waals surface area contributed by atoms with E-state index in [9.17, 15) is 24.9 Å². The van der Waals surface area contributed by atoms with Crippen LogP contribution in [0.2, 0.25) is 0 Å².